The summed E-state index contributed by atoms with van der Waals surface area (Å²) in [6.45, 7) is 6.40. The fraction of sp³-hybridized carbons (Fsp3) is 0.643. The number of hydrogen-bond acceptors (Lipinski definition) is 5. The highest BCUT2D eigenvalue weighted by atomic mass is 79.9. The summed E-state index contributed by atoms with van der Waals surface area (Å²) in [5.41, 5.74) is -0.528. The molecule has 1 heterocycles. The van der Waals surface area contributed by atoms with Crippen molar-refractivity contribution in [3.05, 3.63) is 16.6 Å². The molecule has 0 unspecified atom stereocenters. The second-order valence-electron chi connectivity index (χ2n) is 5.83. The van der Waals surface area contributed by atoms with Crippen molar-refractivity contribution in [1.82, 2.24) is 14.5 Å². The molecule has 0 aliphatic carbocycles. The molecule has 0 radical (unpaired) electrons. The fourth-order valence-corrected chi connectivity index (χ4v) is 2.10. The van der Waals surface area contributed by atoms with E-state index in [4.69, 9.17) is 4.74 Å². The number of nitrogens with zero attached hydrogens (tertiary/aromatic N) is 3. The van der Waals surface area contributed by atoms with Crippen molar-refractivity contribution in [1.29, 1.82) is 0 Å². The summed E-state index contributed by atoms with van der Waals surface area (Å²) in [4.78, 5) is 29.0. The van der Waals surface area contributed by atoms with Crippen molar-refractivity contribution in [3.63, 3.8) is 0 Å². The van der Waals surface area contributed by atoms with Crippen LogP contribution in [0.4, 0.5) is 4.79 Å². The molecule has 1 aromatic rings. The summed E-state index contributed by atoms with van der Waals surface area (Å²) in [6.07, 6.45) is 1.46. The van der Waals surface area contributed by atoms with Gasteiger partial charge in [0, 0.05) is 26.3 Å². The zero-order chi connectivity index (χ0) is 16.9. The Morgan fingerprint density at radius 1 is 1.41 bits per heavy atom. The second-order valence-corrected chi connectivity index (χ2v) is 6.64. The first-order chi connectivity index (χ1) is 10.1. The Balaban J connectivity index is 2.64. The second kappa shape index (κ2) is 7.62. The van der Waals surface area contributed by atoms with Crippen molar-refractivity contribution < 1.29 is 19.1 Å². The van der Waals surface area contributed by atoms with Crippen LogP contribution in [0, 0.1) is 0 Å². The van der Waals surface area contributed by atoms with Gasteiger partial charge in [-0.3, -0.25) is 4.79 Å². The van der Waals surface area contributed by atoms with E-state index in [1.165, 1.54) is 12.0 Å². The number of esters is 1. The highest BCUT2D eigenvalue weighted by Gasteiger charge is 2.20. The first-order valence-electron chi connectivity index (χ1n) is 6.85. The molecule has 0 N–H and O–H groups in total. The van der Waals surface area contributed by atoms with E-state index in [2.05, 4.69) is 25.7 Å². The normalized spacial score (nSPS) is 11.2. The number of aromatic nitrogens is 2. The van der Waals surface area contributed by atoms with Gasteiger partial charge >= 0.3 is 12.1 Å². The van der Waals surface area contributed by atoms with Gasteiger partial charge in [-0.2, -0.15) is 0 Å². The van der Waals surface area contributed by atoms with E-state index in [1.807, 2.05) is 25.3 Å². The molecule has 0 aliphatic heterocycles. The van der Waals surface area contributed by atoms with Gasteiger partial charge in [-0.05, 0) is 36.7 Å². The van der Waals surface area contributed by atoms with Gasteiger partial charge in [-0.15, -0.1) is 0 Å². The summed E-state index contributed by atoms with van der Waals surface area (Å²) >= 11 is 3.28. The Morgan fingerprint density at radius 2 is 2.05 bits per heavy atom. The van der Waals surface area contributed by atoms with Crippen LogP contribution in [-0.2, 0) is 27.2 Å². The van der Waals surface area contributed by atoms with Gasteiger partial charge in [0.1, 0.15) is 22.4 Å². The van der Waals surface area contributed by atoms with E-state index >= 15 is 0 Å². The SMILES string of the molecule is COC(=O)Cc1nc(Br)cn1CCN(C)C(=O)OC(C)(C)C. The van der Waals surface area contributed by atoms with Crippen LogP contribution in [0.3, 0.4) is 0 Å². The third-order valence-electron chi connectivity index (χ3n) is 2.74. The van der Waals surface area contributed by atoms with Crippen LogP contribution in [0.25, 0.3) is 0 Å². The molecule has 0 fully saturated rings. The van der Waals surface area contributed by atoms with Crippen molar-refractivity contribution in [3.8, 4) is 0 Å². The third kappa shape index (κ3) is 6.05. The van der Waals surface area contributed by atoms with Gasteiger partial charge in [-0.25, -0.2) is 9.78 Å². The first-order valence-corrected chi connectivity index (χ1v) is 7.64. The Hall–Kier alpha value is -1.57. The van der Waals surface area contributed by atoms with Crippen molar-refractivity contribution in [2.75, 3.05) is 20.7 Å². The van der Waals surface area contributed by atoms with E-state index in [1.54, 1.807) is 13.2 Å². The van der Waals surface area contributed by atoms with Crippen LogP contribution < -0.4 is 0 Å². The average molecular weight is 376 g/mol. The molecular formula is C14H22BrN3O4. The minimum absolute atomic E-state index is 0.0816. The molecule has 7 nitrogen and oxygen atoms in total. The van der Waals surface area contributed by atoms with Crippen molar-refractivity contribution >= 4 is 28.0 Å². The molecule has 8 heteroatoms. The maximum atomic E-state index is 11.9. The predicted octanol–water partition coefficient (Wildman–Crippen LogP) is 2.23. The molecule has 0 aliphatic rings. The largest absolute Gasteiger partial charge is 0.469 e. The van der Waals surface area contributed by atoms with E-state index in [-0.39, 0.29) is 18.5 Å². The summed E-state index contributed by atoms with van der Waals surface area (Å²) in [5, 5.41) is 0. The lowest BCUT2D eigenvalue weighted by Crippen LogP contribution is -2.36. The number of halogens is 1. The molecule has 1 rings (SSSR count). The number of methoxy groups -OCH3 is 1. The van der Waals surface area contributed by atoms with E-state index in [9.17, 15) is 9.59 Å². The number of rotatable bonds is 5. The van der Waals surface area contributed by atoms with E-state index in [0.717, 1.165) is 0 Å². The molecule has 22 heavy (non-hydrogen) atoms. The molecule has 0 spiro atoms. The molecular weight excluding hydrogens is 354 g/mol. The summed E-state index contributed by atoms with van der Waals surface area (Å²) < 4.78 is 12.4. The highest BCUT2D eigenvalue weighted by Crippen LogP contribution is 2.12. The van der Waals surface area contributed by atoms with Crippen LogP contribution in [0.15, 0.2) is 10.8 Å². The molecule has 0 bridgehead atoms. The number of amides is 1. The molecule has 0 saturated heterocycles. The van der Waals surface area contributed by atoms with Crippen LogP contribution in [0.5, 0.6) is 0 Å². The predicted molar refractivity (Wildman–Crippen MR) is 84.5 cm³/mol. The topological polar surface area (TPSA) is 73.7 Å². The van der Waals surface area contributed by atoms with Crippen molar-refractivity contribution in [2.45, 2.75) is 39.3 Å². The Labute approximate surface area is 138 Å². The van der Waals surface area contributed by atoms with E-state index in [0.29, 0.717) is 23.5 Å². The van der Waals surface area contributed by atoms with Crippen molar-refractivity contribution in [2.24, 2.45) is 0 Å². The highest BCUT2D eigenvalue weighted by molar-refractivity contribution is 9.10. The summed E-state index contributed by atoms with van der Waals surface area (Å²) in [5.74, 6) is 0.219. The Morgan fingerprint density at radius 3 is 2.59 bits per heavy atom. The average Bonchev–Trinajstić information content (AvgIpc) is 2.73. The minimum Gasteiger partial charge on any atom is -0.469 e. The van der Waals surface area contributed by atoms with Gasteiger partial charge in [0.2, 0.25) is 0 Å². The van der Waals surface area contributed by atoms with E-state index < -0.39 is 5.60 Å². The van der Waals surface area contributed by atoms with Crippen LogP contribution in [0.2, 0.25) is 0 Å². The molecule has 0 saturated carbocycles. The quantitative estimate of drug-likeness (QED) is 0.737. The first kappa shape index (κ1) is 18.5. The number of carbonyl (C=O) groups excluding carboxylic acids is 2. The smallest absolute Gasteiger partial charge is 0.410 e. The lowest BCUT2D eigenvalue weighted by atomic mass is 10.2. The standard InChI is InChI=1S/C14H22BrN3O4/c1-14(2,3)22-13(20)17(4)6-7-18-9-10(15)16-11(18)8-12(19)21-5/h9H,6-8H2,1-5H3. The fourth-order valence-electron chi connectivity index (χ4n) is 1.64. The number of ether oxygens (including phenoxy) is 2. The zero-order valence-electron chi connectivity index (χ0n) is 13.6. The molecule has 1 amide bonds. The monoisotopic (exact) mass is 375 g/mol. The summed E-state index contributed by atoms with van der Waals surface area (Å²) in [7, 11) is 3.00. The van der Waals surface area contributed by atoms with Crippen LogP contribution in [0.1, 0.15) is 26.6 Å². The number of imidazole rings is 1. The van der Waals surface area contributed by atoms with Gasteiger partial charge in [-0.1, -0.05) is 0 Å². The lowest BCUT2D eigenvalue weighted by Gasteiger charge is -2.24. The molecule has 0 aromatic carbocycles. The van der Waals surface area contributed by atoms with Gasteiger partial charge < -0.3 is 18.9 Å². The Kier molecular flexibility index (Phi) is 6.40. The zero-order valence-corrected chi connectivity index (χ0v) is 15.1. The molecule has 124 valence electrons. The Bertz CT molecular complexity index is 537. The van der Waals surface area contributed by atoms with Gasteiger partial charge in [0.25, 0.3) is 0 Å². The van der Waals surface area contributed by atoms with Crippen LogP contribution in [-0.4, -0.2) is 52.8 Å². The number of carbonyl (C=O) groups is 2. The van der Waals surface area contributed by atoms with Gasteiger partial charge in [0.15, 0.2) is 0 Å². The maximum absolute atomic E-state index is 11.9. The summed E-state index contributed by atoms with van der Waals surface area (Å²) in [6, 6.07) is 0. The number of likely N-dealkylation sites (N-methyl/N-ethyl adjacent to an activating group) is 1. The van der Waals surface area contributed by atoms with Gasteiger partial charge in [0.05, 0.1) is 7.11 Å². The minimum atomic E-state index is -0.528. The lowest BCUT2D eigenvalue weighted by molar-refractivity contribution is -0.140. The molecule has 0 atom stereocenters. The maximum Gasteiger partial charge on any atom is 0.410 e. The third-order valence-corrected chi connectivity index (χ3v) is 3.12. The van der Waals surface area contributed by atoms with Crippen LogP contribution >= 0.6 is 15.9 Å². The number of hydrogen-bond donors (Lipinski definition) is 0. The molecule has 1 aromatic heterocycles.